The number of halogens is 1. The predicted molar refractivity (Wildman–Crippen MR) is 76.0 cm³/mol. The van der Waals surface area contributed by atoms with E-state index in [2.05, 4.69) is 42.5 Å². The van der Waals surface area contributed by atoms with Crippen LogP contribution in [0, 0.1) is 0 Å². The maximum Gasteiger partial charge on any atom is 0.155 e. The van der Waals surface area contributed by atoms with Crippen molar-refractivity contribution in [1.29, 1.82) is 0 Å². The Kier molecular flexibility index (Phi) is 3.56. The van der Waals surface area contributed by atoms with Gasteiger partial charge < -0.3 is 10.1 Å². The first-order valence-electron chi connectivity index (χ1n) is 6.47. The zero-order valence-corrected chi connectivity index (χ0v) is 12.5. The van der Waals surface area contributed by atoms with E-state index in [-0.39, 0.29) is 5.54 Å². The minimum Gasteiger partial charge on any atom is -0.380 e. The van der Waals surface area contributed by atoms with Crippen molar-refractivity contribution in [2.24, 2.45) is 0 Å². The summed E-state index contributed by atoms with van der Waals surface area (Å²) in [6, 6.07) is 0. The maximum absolute atomic E-state index is 5.56. The number of aromatic nitrogens is 3. The molecular weight excluding hydrogens is 308 g/mol. The zero-order chi connectivity index (χ0) is 13.3. The first kappa shape index (κ1) is 13.0. The first-order valence-corrected chi connectivity index (χ1v) is 7.26. The van der Waals surface area contributed by atoms with Crippen LogP contribution in [0.3, 0.4) is 0 Å². The van der Waals surface area contributed by atoms with E-state index in [1.54, 1.807) is 6.20 Å². The summed E-state index contributed by atoms with van der Waals surface area (Å²) in [4.78, 5) is 8.53. The molecule has 2 aromatic rings. The number of ether oxygens (including phenoxy) is 1. The molecule has 5 nitrogen and oxygen atoms in total. The molecule has 1 N–H and O–H groups in total. The third-order valence-electron chi connectivity index (χ3n) is 3.58. The number of fused-ring (bicyclic) bond motifs is 1. The predicted octanol–water partition coefficient (Wildman–Crippen LogP) is 2.15. The van der Waals surface area contributed by atoms with Crippen molar-refractivity contribution < 1.29 is 4.74 Å². The van der Waals surface area contributed by atoms with Gasteiger partial charge in [0.2, 0.25) is 0 Å². The van der Waals surface area contributed by atoms with Gasteiger partial charge in [0.05, 0.1) is 24.7 Å². The van der Waals surface area contributed by atoms with Crippen LogP contribution in [-0.2, 0) is 11.3 Å². The Balaban J connectivity index is 1.76. The highest BCUT2D eigenvalue weighted by Crippen LogP contribution is 2.19. The van der Waals surface area contributed by atoms with Gasteiger partial charge in [-0.05, 0) is 35.7 Å². The molecule has 1 fully saturated rings. The van der Waals surface area contributed by atoms with Gasteiger partial charge in [-0.3, -0.25) is 4.40 Å². The number of hydrogen-bond donors (Lipinski definition) is 1. The average molecular weight is 325 g/mol. The fourth-order valence-corrected chi connectivity index (χ4v) is 2.73. The molecule has 0 amide bonds. The van der Waals surface area contributed by atoms with Gasteiger partial charge in [-0.25, -0.2) is 9.97 Å². The Hall–Kier alpha value is -0.980. The molecule has 3 heterocycles. The average Bonchev–Trinajstić information content (AvgIpc) is 2.80. The highest BCUT2D eigenvalue weighted by atomic mass is 79.9. The Morgan fingerprint density at radius 2 is 2.37 bits per heavy atom. The number of rotatable bonds is 3. The van der Waals surface area contributed by atoms with Gasteiger partial charge in [-0.15, -0.1) is 0 Å². The number of hydrogen-bond acceptors (Lipinski definition) is 4. The highest BCUT2D eigenvalue weighted by molar-refractivity contribution is 9.10. The maximum atomic E-state index is 5.56. The number of nitrogens with one attached hydrogen (secondary N) is 1. The first-order chi connectivity index (χ1) is 9.16. The second-order valence-corrected chi connectivity index (χ2v) is 6.07. The molecule has 1 aliphatic rings. The van der Waals surface area contributed by atoms with Crippen LogP contribution in [0.4, 0.5) is 0 Å². The Labute approximate surface area is 120 Å². The molecule has 0 aromatic carbocycles. The van der Waals surface area contributed by atoms with E-state index in [1.807, 2.05) is 12.4 Å². The van der Waals surface area contributed by atoms with E-state index in [0.717, 1.165) is 48.5 Å². The van der Waals surface area contributed by atoms with Crippen LogP contribution in [0.2, 0.25) is 0 Å². The lowest BCUT2D eigenvalue weighted by atomic mass is 9.95. The van der Waals surface area contributed by atoms with Crippen molar-refractivity contribution in [3.8, 4) is 0 Å². The molecule has 2 aromatic heterocycles. The van der Waals surface area contributed by atoms with Gasteiger partial charge in [-0.2, -0.15) is 0 Å². The largest absolute Gasteiger partial charge is 0.380 e. The van der Waals surface area contributed by atoms with Crippen LogP contribution >= 0.6 is 15.9 Å². The van der Waals surface area contributed by atoms with Crippen LogP contribution in [0.1, 0.15) is 25.5 Å². The molecule has 0 bridgehead atoms. The SMILES string of the molecule is CC1(NCc2cnc3cnc(Br)cn23)CCCOC1. The molecule has 1 atom stereocenters. The standard InChI is InChI=1S/C13H17BrN4O/c1-13(3-2-4-19-9-13)17-6-10-5-16-12-7-15-11(14)8-18(10)12/h5,7-8,17H,2-4,6,9H2,1H3. The third-order valence-corrected chi connectivity index (χ3v) is 3.98. The second kappa shape index (κ2) is 5.19. The monoisotopic (exact) mass is 324 g/mol. The van der Waals surface area contributed by atoms with Crippen LogP contribution < -0.4 is 5.32 Å². The smallest absolute Gasteiger partial charge is 0.155 e. The molecule has 0 spiro atoms. The van der Waals surface area contributed by atoms with Gasteiger partial charge in [0.25, 0.3) is 0 Å². The van der Waals surface area contributed by atoms with Crippen LogP contribution in [0.15, 0.2) is 23.2 Å². The van der Waals surface area contributed by atoms with Crippen molar-refractivity contribution in [2.45, 2.75) is 31.8 Å². The molecule has 19 heavy (non-hydrogen) atoms. The fourth-order valence-electron chi connectivity index (χ4n) is 2.42. The van der Waals surface area contributed by atoms with Crippen LogP contribution in [0.25, 0.3) is 5.65 Å². The summed E-state index contributed by atoms with van der Waals surface area (Å²) in [6.07, 6.45) is 7.86. The van der Waals surface area contributed by atoms with Gasteiger partial charge in [0, 0.05) is 24.9 Å². The Bertz CT molecular complexity index is 577. The van der Waals surface area contributed by atoms with Crippen molar-refractivity contribution in [1.82, 2.24) is 19.7 Å². The topological polar surface area (TPSA) is 51.5 Å². The van der Waals surface area contributed by atoms with Crippen LogP contribution in [0.5, 0.6) is 0 Å². The minimum atomic E-state index is 0.0622. The second-order valence-electron chi connectivity index (χ2n) is 5.26. The summed E-state index contributed by atoms with van der Waals surface area (Å²) >= 11 is 3.39. The minimum absolute atomic E-state index is 0.0622. The van der Waals surface area contributed by atoms with Crippen molar-refractivity contribution in [3.05, 3.63) is 28.9 Å². The molecule has 1 aliphatic heterocycles. The Morgan fingerprint density at radius 3 is 3.16 bits per heavy atom. The summed E-state index contributed by atoms with van der Waals surface area (Å²) in [7, 11) is 0. The van der Waals surface area contributed by atoms with Crippen molar-refractivity contribution in [2.75, 3.05) is 13.2 Å². The molecule has 3 rings (SSSR count). The molecule has 0 radical (unpaired) electrons. The molecule has 6 heteroatoms. The molecule has 0 aliphatic carbocycles. The summed E-state index contributed by atoms with van der Waals surface area (Å²) in [5.74, 6) is 0. The van der Waals surface area contributed by atoms with E-state index in [4.69, 9.17) is 4.74 Å². The van der Waals surface area contributed by atoms with Gasteiger partial charge in [0.15, 0.2) is 5.65 Å². The van der Waals surface area contributed by atoms with Gasteiger partial charge >= 0.3 is 0 Å². The number of nitrogens with zero attached hydrogens (tertiary/aromatic N) is 3. The summed E-state index contributed by atoms with van der Waals surface area (Å²) in [6.45, 7) is 4.64. The van der Waals surface area contributed by atoms with E-state index in [9.17, 15) is 0 Å². The molecule has 1 saturated heterocycles. The lowest BCUT2D eigenvalue weighted by Crippen LogP contribution is -2.48. The lowest BCUT2D eigenvalue weighted by Gasteiger charge is -2.34. The van der Waals surface area contributed by atoms with Gasteiger partial charge in [0.1, 0.15) is 4.60 Å². The molecule has 0 saturated carbocycles. The quantitative estimate of drug-likeness (QED) is 0.939. The summed E-state index contributed by atoms with van der Waals surface area (Å²) in [5.41, 5.74) is 2.06. The van der Waals surface area contributed by atoms with Crippen molar-refractivity contribution in [3.63, 3.8) is 0 Å². The lowest BCUT2D eigenvalue weighted by molar-refractivity contribution is 0.0276. The molecule has 1 unspecified atom stereocenters. The fraction of sp³-hybridized carbons (Fsp3) is 0.538. The number of imidazole rings is 1. The summed E-state index contributed by atoms with van der Waals surface area (Å²) in [5, 5.41) is 3.59. The normalized spacial score (nSPS) is 23.9. The van der Waals surface area contributed by atoms with E-state index in [0.29, 0.717) is 0 Å². The zero-order valence-electron chi connectivity index (χ0n) is 10.9. The van der Waals surface area contributed by atoms with Crippen molar-refractivity contribution >= 4 is 21.6 Å². The van der Waals surface area contributed by atoms with Gasteiger partial charge in [-0.1, -0.05) is 0 Å². The van der Waals surface area contributed by atoms with E-state index >= 15 is 0 Å². The van der Waals surface area contributed by atoms with E-state index < -0.39 is 0 Å². The van der Waals surface area contributed by atoms with E-state index in [1.165, 1.54) is 0 Å². The molecular formula is C13H17BrN4O. The Morgan fingerprint density at radius 1 is 1.47 bits per heavy atom. The molecule has 102 valence electrons. The highest BCUT2D eigenvalue weighted by Gasteiger charge is 2.27. The third kappa shape index (κ3) is 2.80. The summed E-state index contributed by atoms with van der Waals surface area (Å²) < 4.78 is 8.42. The van der Waals surface area contributed by atoms with Crippen LogP contribution in [-0.4, -0.2) is 33.1 Å².